The highest BCUT2D eigenvalue weighted by Crippen LogP contribution is 2.44. The van der Waals surface area contributed by atoms with E-state index in [0.717, 1.165) is 34.4 Å². The van der Waals surface area contributed by atoms with Gasteiger partial charge in [0.05, 0.1) is 5.56 Å². The first-order valence-electron chi connectivity index (χ1n) is 16.5. The van der Waals surface area contributed by atoms with Gasteiger partial charge in [-0.25, -0.2) is 4.39 Å². The quantitative estimate of drug-likeness (QED) is 0.226. The third-order valence-corrected chi connectivity index (χ3v) is 9.24. The van der Waals surface area contributed by atoms with E-state index in [2.05, 4.69) is 13.2 Å². The van der Waals surface area contributed by atoms with Crippen molar-refractivity contribution in [2.24, 2.45) is 21.7 Å². The van der Waals surface area contributed by atoms with Crippen molar-refractivity contribution in [2.75, 3.05) is 0 Å². The number of carbonyl (C=O) groups is 2. The zero-order valence-corrected chi connectivity index (χ0v) is 30.5. The first-order chi connectivity index (χ1) is 22.3. The SMILES string of the molecule is C=CC(C)(C)C1=CC(c2ccc(C(F)(F)F)cc2)C=C(C(C)(C)C)C1=O.C=CC(C)(C)C1=CC(c2cccc(F)c2)C=C(C(C)(C)C)C1=O. The average molecular weight is 675 g/mol. The monoisotopic (exact) mass is 674 g/mol. The van der Waals surface area contributed by atoms with Crippen LogP contribution in [0.1, 0.15) is 97.8 Å². The van der Waals surface area contributed by atoms with Crippen LogP contribution in [0, 0.1) is 27.5 Å². The number of carbonyl (C=O) groups excluding carboxylic acids is 2. The number of rotatable bonds is 6. The molecule has 2 aliphatic carbocycles. The van der Waals surface area contributed by atoms with E-state index in [-0.39, 0.29) is 40.0 Å². The Balaban J connectivity index is 0.000000267. The molecular formula is C43H50F4O2. The molecule has 2 aliphatic rings. The maximum absolute atomic E-state index is 13.6. The number of hydrogen-bond acceptors (Lipinski definition) is 2. The molecule has 6 heteroatoms. The van der Waals surface area contributed by atoms with Crippen LogP contribution in [-0.2, 0) is 15.8 Å². The van der Waals surface area contributed by atoms with E-state index in [1.807, 2.05) is 99.6 Å². The van der Waals surface area contributed by atoms with Crippen LogP contribution < -0.4 is 0 Å². The number of benzene rings is 2. The fourth-order valence-electron chi connectivity index (χ4n) is 5.82. The Morgan fingerprint density at radius 3 is 1.31 bits per heavy atom. The average Bonchev–Trinajstić information content (AvgIpc) is 3.00. The number of hydrogen-bond donors (Lipinski definition) is 0. The van der Waals surface area contributed by atoms with Gasteiger partial charge in [-0.3, -0.25) is 9.59 Å². The Hall–Kier alpha value is -4.06. The second kappa shape index (κ2) is 14.0. The van der Waals surface area contributed by atoms with Crippen LogP contribution in [0.15, 0.2) is 120 Å². The molecule has 0 radical (unpaired) electrons. The lowest BCUT2D eigenvalue weighted by molar-refractivity contribution is -0.137. The summed E-state index contributed by atoms with van der Waals surface area (Å²) >= 11 is 0. The van der Waals surface area contributed by atoms with Crippen LogP contribution in [0.25, 0.3) is 0 Å². The van der Waals surface area contributed by atoms with Crippen LogP contribution in [0.4, 0.5) is 17.6 Å². The van der Waals surface area contributed by atoms with Crippen molar-refractivity contribution in [3.8, 4) is 0 Å². The van der Waals surface area contributed by atoms with Crippen molar-refractivity contribution in [2.45, 2.75) is 87.2 Å². The molecular weight excluding hydrogens is 624 g/mol. The summed E-state index contributed by atoms with van der Waals surface area (Å²) in [5.74, 6) is -0.575. The third-order valence-electron chi connectivity index (χ3n) is 9.24. The van der Waals surface area contributed by atoms with Crippen LogP contribution >= 0.6 is 0 Å². The van der Waals surface area contributed by atoms with Crippen molar-refractivity contribution in [3.63, 3.8) is 0 Å². The number of halogens is 4. The molecule has 0 aromatic heterocycles. The second-order valence-electron chi connectivity index (χ2n) is 16.1. The summed E-state index contributed by atoms with van der Waals surface area (Å²) in [7, 11) is 0. The molecule has 0 fully saturated rings. The minimum absolute atomic E-state index is 0.0226. The smallest absolute Gasteiger partial charge is 0.289 e. The molecule has 0 bridgehead atoms. The van der Waals surface area contributed by atoms with Gasteiger partial charge in [-0.1, -0.05) is 130 Å². The molecule has 0 heterocycles. The molecule has 0 spiro atoms. The molecule has 0 amide bonds. The first-order valence-corrected chi connectivity index (χ1v) is 16.5. The Bertz CT molecular complexity index is 1730. The molecule has 262 valence electrons. The van der Waals surface area contributed by atoms with Gasteiger partial charge in [0.15, 0.2) is 11.6 Å². The highest BCUT2D eigenvalue weighted by molar-refractivity contribution is 6.12. The van der Waals surface area contributed by atoms with E-state index in [0.29, 0.717) is 11.1 Å². The van der Waals surface area contributed by atoms with Crippen LogP contribution in [0.5, 0.6) is 0 Å². The fourth-order valence-corrected chi connectivity index (χ4v) is 5.82. The molecule has 0 aliphatic heterocycles. The van der Waals surface area contributed by atoms with Gasteiger partial charge in [-0.05, 0) is 46.2 Å². The molecule has 2 unspecified atom stereocenters. The topological polar surface area (TPSA) is 34.1 Å². The third kappa shape index (κ3) is 9.14. The van der Waals surface area contributed by atoms with E-state index in [1.165, 1.54) is 24.3 Å². The Kier molecular flexibility index (Phi) is 11.3. The standard InChI is InChI=1S/C22H25F3O.C21H25FO/c1-7-21(5,6)18-13-15(12-17(19(18)26)20(2,3)4)14-8-10-16(11-9-14)22(23,24)25;1-7-21(5,6)18-13-15(14-9-8-10-16(22)11-14)12-17(19(18)23)20(2,3)4/h7-13,15H,1H2,2-6H3;7-13,15H,1H2,2-6H3. The highest BCUT2D eigenvalue weighted by atomic mass is 19.4. The molecule has 2 nitrogen and oxygen atoms in total. The Morgan fingerprint density at radius 2 is 0.959 bits per heavy atom. The molecule has 2 aromatic rings. The van der Waals surface area contributed by atoms with E-state index >= 15 is 0 Å². The zero-order chi connectivity index (χ0) is 37.3. The largest absolute Gasteiger partial charge is 0.416 e. The number of ketones is 2. The first kappa shape index (κ1) is 39.4. The van der Waals surface area contributed by atoms with Gasteiger partial charge in [0.25, 0.3) is 0 Å². The predicted molar refractivity (Wildman–Crippen MR) is 193 cm³/mol. The van der Waals surface area contributed by atoms with Crippen LogP contribution in [0.2, 0.25) is 0 Å². The summed E-state index contributed by atoms with van der Waals surface area (Å²) < 4.78 is 52.1. The number of alkyl halides is 3. The molecule has 0 N–H and O–H groups in total. The lowest BCUT2D eigenvalue weighted by Crippen LogP contribution is -2.29. The zero-order valence-electron chi connectivity index (χ0n) is 30.5. The van der Waals surface area contributed by atoms with Gasteiger partial charge in [0.2, 0.25) is 0 Å². The lowest BCUT2D eigenvalue weighted by atomic mass is 9.69. The normalized spacial score (nSPS) is 19.1. The van der Waals surface area contributed by atoms with Gasteiger partial charge in [-0.2, -0.15) is 13.2 Å². The Labute approximate surface area is 290 Å². The van der Waals surface area contributed by atoms with Gasteiger partial charge in [0, 0.05) is 45.0 Å². The summed E-state index contributed by atoms with van der Waals surface area (Å²) in [6.45, 7) is 27.5. The van der Waals surface area contributed by atoms with Gasteiger partial charge in [-0.15, -0.1) is 13.2 Å². The van der Waals surface area contributed by atoms with Crippen molar-refractivity contribution in [1.29, 1.82) is 0 Å². The minimum atomic E-state index is -4.36. The summed E-state index contributed by atoms with van der Waals surface area (Å²) in [6, 6.07) is 11.7. The van der Waals surface area contributed by atoms with Crippen molar-refractivity contribution < 1.29 is 27.2 Å². The summed E-state index contributed by atoms with van der Waals surface area (Å²) in [4.78, 5) is 26.0. The van der Waals surface area contributed by atoms with E-state index < -0.39 is 22.6 Å². The maximum Gasteiger partial charge on any atom is 0.416 e. The van der Waals surface area contributed by atoms with Gasteiger partial charge >= 0.3 is 6.18 Å². The van der Waals surface area contributed by atoms with E-state index in [1.54, 1.807) is 18.2 Å². The van der Waals surface area contributed by atoms with Crippen LogP contribution in [-0.4, -0.2) is 11.6 Å². The second-order valence-corrected chi connectivity index (χ2v) is 16.1. The summed E-state index contributed by atoms with van der Waals surface area (Å²) in [6.07, 6.45) is 6.81. The lowest BCUT2D eigenvalue weighted by Gasteiger charge is -2.33. The summed E-state index contributed by atoms with van der Waals surface area (Å²) in [5, 5.41) is 0. The predicted octanol–water partition coefficient (Wildman–Crippen LogP) is 12.1. The molecule has 2 atom stereocenters. The van der Waals surface area contributed by atoms with E-state index in [9.17, 15) is 27.2 Å². The number of allylic oxidation sites excluding steroid dienone is 10. The van der Waals surface area contributed by atoms with E-state index in [4.69, 9.17) is 0 Å². The van der Waals surface area contributed by atoms with Gasteiger partial charge in [0.1, 0.15) is 5.82 Å². The van der Waals surface area contributed by atoms with Crippen LogP contribution in [0.3, 0.4) is 0 Å². The van der Waals surface area contributed by atoms with Crippen molar-refractivity contribution >= 4 is 11.6 Å². The number of Topliss-reactive ketones (excluding diaryl/α,β-unsaturated/α-hetero) is 2. The van der Waals surface area contributed by atoms with Gasteiger partial charge < -0.3 is 0 Å². The molecule has 4 rings (SSSR count). The van der Waals surface area contributed by atoms with Crippen molar-refractivity contribution in [1.82, 2.24) is 0 Å². The fraction of sp³-hybridized carbons (Fsp3) is 0.395. The summed E-state index contributed by atoms with van der Waals surface area (Å²) in [5.41, 5.74) is 2.15. The van der Waals surface area contributed by atoms with Crippen molar-refractivity contribution in [3.05, 3.63) is 143 Å². The molecule has 49 heavy (non-hydrogen) atoms. The molecule has 0 saturated carbocycles. The Morgan fingerprint density at radius 1 is 0.571 bits per heavy atom. The molecule has 0 saturated heterocycles. The highest BCUT2D eigenvalue weighted by Gasteiger charge is 2.38. The molecule has 2 aromatic carbocycles. The minimum Gasteiger partial charge on any atom is -0.289 e. The maximum atomic E-state index is 13.6.